The molecular weight excluding hydrogens is 339 g/mol. The molecule has 0 aliphatic heterocycles. The third-order valence-corrected chi connectivity index (χ3v) is 4.70. The second-order valence-electron chi connectivity index (χ2n) is 5.38. The topological polar surface area (TPSA) is 82.7 Å². The lowest BCUT2D eigenvalue weighted by atomic mass is 10.1. The molecular formula is C17H11FN6S. The molecule has 4 rings (SSSR count). The van der Waals surface area contributed by atoms with Crippen LogP contribution in [0.15, 0.2) is 52.9 Å². The van der Waals surface area contributed by atoms with Crippen LogP contribution in [0, 0.1) is 24.1 Å². The molecule has 0 aromatic carbocycles. The molecule has 0 unspecified atom stereocenters. The van der Waals surface area contributed by atoms with Crippen molar-refractivity contribution in [2.75, 3.05) is 0 Å². The lowest BCUT2D eigenvalue weighted by Gasteiger charge is -2.08. The van der Waals surface area contributed by atoms with E-state index >= 15 is 0 Å². The quantitative estimate of drug-likeness (QED) is 0.610. The average molecular weight is 350 g/mol. The summed E-state index contributed by atoms with van der Waals surface area (Å²) in [4.78, 5) is 4.96. The molecule has 8 heteroatoms. The number of pyridine rings is 2. The van der Waals surface area contributed by atoms with Gasteiger partial charge in [-0.25, -0.2) is 13.9 Å². The van der Waals surface area contributed by atoms with Gasteiger partial charge in [-0.15, -0.1) is 0 Å². The highest BCUT2D eigenvalue weighted by atomic mass is 32.2. The Kier molecular flexibility index (Phi) is 3.71. The van der Waals surface area contributed by atoms with Crippen LogP contribution in [0.4, 0.5) is 4.39 Å². The first kappa shape index (κ1) is 15.4. The molecule has 4 aromatic heterocycles. The van der Waals surface area contributed by atoms with E-state index in [4.69, 9.17) is 0 Å². The zero-order valence-electron chi connectivity index (χ0n) is 13.1. The summed E-state index contributed by atoms with van der Waals surface area (Å²) in [6, 6.07) is 7.03. The minimum absolute atomic E-state index is 0.260. The van der Waals surface area contributed by atoms with Gasteiger partial charge in [-0.2, -0.15) is 15.5 Å². The Morgan fingerprint density at radius 2 is 2.16 bits per heavy atom. The maximum Gasteiger partial charge on any atom is 0.155 e. The van der Waals surface area contributed by atoms with Crippen LogP contribution in [0.2, 0.25) is 0 Å². The molecule has 4 heterocycles. The summed E-state index contributed by atoms with van der Waals surface area (Å²) in [7, 11) is 0. The van der Waals surface area contributed by atoms with E-state index in [0.29, 0.717) is 16.0 Å². The van der Waals surface area contributed by atoms with E-state index in [1.807, 2.05) is 12.3 Å². The second-order valence-corrected chi connectivity index (χ2v) is 6.42. The van der Waals surface area contributed by atoms with Gasteiger partial charge in [0.25, 0.3) is 0 Å². The number of nitriles is 1. The molecule has 1 N–H and O–H groups in total. The first-order chi connectivity index (χ1) is 12.2. The molecule has 6 nitrogen and oxygen atoms in total. The zero-order valence-corrected chi connectivity index (χ0v) is 13.9. The summed E-state index contributed by atoms with van der Waals surface area (Å²) in [6.07, 6.45) is 6.76. The number of fused-ring (bicyclic) bond motifs is 1. The molecule has 0 saturated heterocycles. The number of H-pyrrole nitrogens is 1. The molecule has 0 atom stereocenters. The van der Waals surface area contributed by atoms with Crippen LogP contribution in [0.1, 0.15) is 11.3 Å². The van der Waals surface area contributed by atoms with Crippen molar-refractivity contribution < 1.29 is 4.39 Å². The van der Waals surface area contributed by atoms with Gasteiger partial charge in [0.2, 0.25) is 0 Å². The predicted octanol–water partition coefficient (Wildman–Crippen LogP) is 3.59. The standard InChI is InChI=1S/C17H11FN6S/c1-10-2-3-14(18)17(23-10)25-15-4-11(13-6-20-21-7-13)9-24-16(15)12(5-19)8-22-24/h2-4,6-9H,1H3,(H,20,21). The van der Waals surface area contributed by atoms with Gasteiger partial charge >= 0.3 is 0 Å². The molecule has 0 radical (unpaired) electrons. The van der Waals surface area contributed by atoms with E-state index < -0.39 is 5.82 Å². The zero-order chi connectivity index (χ0) is 17.4. The van der Waals surface area contributed by atoms with Gasteiger partial charge in [0.15, 0.2) is 5.82 Å². The van der Waals surface area contributed by atoms with Crippen molar-refractivity contribution in [3.05, 3.63) is 60.1 Å². The molecule has 0 aliphatic carbocycles. The van der Waals surface area contributed by atoms with Gasteiger partial charge in [0, 0.05) is 34.1 Å². The number of nitrogens with one attached hydrogen (secondary N) is 1. The number of rotatable bonds is 3. The second kappa shape index (κ2) is 6.03. The van der Waals surface area contributed by atoms with Gasteiger partial charge in [-0.3, -0.25) is 5.10 Å². The van der Waals surface area contributed by atoms with Crippen LogP contribution in [-0.2, 0) is 0 Å². The normalized spacial score (nSPS) is 10.9. The third kappa shape index (κ3) is 2.75. The van der Waals surface area contributed by atoms with Crippen molar-refractivity contribution in [2.24, 2.45) is 0 Å². The van der Waals surface area contributed by atoms with Crippen molar-refractivity contribution in [1.82, 2.24) is 24.8 Å². The smallest absolute Gasteiger partial charge is 0.155 e. The highest BCUT2D eigenvalue weighted by Gasteiger charge is 2.16. The summed E-state index contributed by atoms with van der Waals surface area (Å²) in [5.41, 5.74) is 3.50. The van der Waals surface area contributed by atoms with E-state index in [-0.39, 0.29) is 5.03 Å². The van der Waals surface area contributed by atoms with Crippen LogP contribution in [-0.4, -0.2) is 24.8 Å². The van der Waals surface area contributed by atoms with Crippen LogP contribution < -0.4 is 0 Å². The minimum atomic E-state index is -0.402. The fourth-order valence-corrected chi connectivity index (χ4v) is 3.55. The van der Waals surface area contributed by atoms with Crippen LogP contribution in [0.5, 0.6) is 0 Å². The first-order valence-corrected chi connectivity index (χ1v) is 8.19. The van der Waals surface area contributed by atoms with E-state index in [2.05, 4.69) is 26.3 Å². The maximum absolute atomic E-state index is 14.2. The van der Waals surface area contributed by atoms with E-state index in [9.17, 15) is 9.65 Å². The van der Waals surface area contributed by atoms with E-state index in [1.165, 1.54) is 24.0 Å². The summed E-state index contributed by atoms with van der Waals surface area (Å²) in [5.74, 6) is -0.402. The van der Waals surface area contributed by atoms with E-state index in [1.54, 1.807) is 29.9 Å². The highest BCUT2D eigenvalue weighted by molar-refractivity contribution is 7.99. The number of hydrogen-bond donors (Lipinski definition) is 1. The summed E-state index contributed by atoms with van der Waals surface area (Å²) in [6.45, 7) is 1.81. The van der Waals surface area contributed by atoms with Crippen LogP contribution >= 0.6 is 11.8 Å². The lowest BCUT2D eigenvalue weighted by molar-refractivity contribution is 0.586. The van der Waals surface area contributed by atoms with Gasteiger partial charge in [0.05, 0.1) is 23.5 Å². The Labute approximate surface area is 146 Å². The molecule has 25 heavy (non-hydrogen) atoms. The Morgan fingerprint density at radius 1 is 1.28 bits per heavy atom. The Hall–Kier alpha value is -3.18. The lowest BCUT2D eigenvalue weighted by Crippen LogP contribution is -1.94. The van der Waals surface area contributed by atoms with Gasteiger partial charge in [-0.05, 0) is 25.1 Å². The summed E-state index contributed by atoms with van der Waals surface area (Å²) in [5, 5.41) is 20.6. The van der Waals surface area contributed by atoms with Gasteiger partial charge in [0.1, 0.15) is 11.1 Å². The van der Waals surface area contributed by atoms with Crippen molar-refractivity contribution >= 4 is 17.3 Å². The number of hydrogen-bond acceptors (Lipinski definition) is 5. The molecule has 0 aliphatic rings. The molecule has 4 aromatic rings. The number of aromatic amines is 1. The summed E-state index contributed by atoms with van der Waals surface area (Å²) < 4.78 is 15.8. The van der Waals surface area contributed by atoms with E-state index in [0.717, 1.165) is 16.8 Å². The largest absolute Gasteiger partial charge is 0.285 e. The Bertz CT molecular complexity index is 1110. The van der Waals surface area contributed by atoms with Crippen molar-refractivity contribution in [2.45, 2.75) is 16.8 Å². The number of aromatic nitrogens is 5. The number of aryl methyl sites for hydroxylation is 1. The maximum atomic E-state index is 14.2. The number of nitrogens with zero attached hydrogens (tertiary/aromatic N) is 5. The average Bonchev–Trinajstić information content (AvgIpc) is 3.27. The Balaban J connectivity index is 1.92. The van der Waals surface area contributed by atoms with Gasteiger partial charge < -0.3 is 0 Å². The summed E-state index contributed by atoms with van der Waals surface area (Å²) >= 11 is 1.17. The highest BCUT2D eigenvalue weighted by Crippen LogP contribution is 2.35. The van der Waals surface area contributed by atoms with Crippen molar-refractivity contribution in [3.63, 3.8) is 0 Å². The van der Waals surface area contributed by atoms with Crippen LogP contribution in [0.25, 0.3) is 16.6 Å². The minimum Gasteiger partial charge on any atom is -0.285 e. The molecule has 0 spiro atoms. The van der Waals surface area contributed by atoms with Gasteiger partial charge in [-0.1, -0.05) is 11.8 Å². The van der Waals surface area contributed by atoms with Crippen molar-refractivity contribution in [1.29, 1.82) is 5.26 Å². The predicted molar refractivity (Wildman–Crippen MR) is 90.5 cm³/mol. The molecule has 0 fully saturated rings. The fourth-order valence-electron chi connectivity index (χ4n) is 2.50. The monoisotopic (exact) mass is 350 g/mol. The molecule has 0 amide bonds. The number of halogens is 1. The third-order valence-electron chi connectivity index (χ3n) is 3.69. The first-order valence-electron chi connectivity index (χ1n) is 7.37. The molecule has 0 bridgehead atoms. The SMILES string of the molecule is Cc1ccc(F)c(Sc2cc(-c3cn[nH]c3)cn3ncc(C#N)c23)n1. The molecule has 122 valence electrons. The van der Waals surface area contributed by atoms with Crippen molar-refractivity contribution in [3.8, 4) is 17.2 Å². The fraction of sp³-hybridized carbons (Fsp3) is 0.0588. The van der Waals surface area contributed by atoms with Crippen LogP contribution in [0.3, 0.4) is 0 Å². The molecule has 0 saturated carbocycles. The Morgan fingerprint density at radius 3 is 2.92 bits per heavy atom.